The van der Waals surface area contributed by atoms with Gasteiger partial charge in [-0.05, 0) is 16.7 Å². The molecule has 2 N–H and O–H groups in total. The third-order valence-corrected chi connectivity index (χ3v) is 3.19. The normalized spacial score (nSPS) is 18.2. The summed E-state index contributed by atoms with van der Waals surface area (Å²) >= 11 is 0. The molecule has 2 aromatic carbocycles. The Morgan fingerprint density at radius 1 is 0.889 bits per heavy atom. The van der Waals surface area contributed by atoms with Gasteiger partial charge in [-0.25, -0.2) is 4.79 Å². The van der Waals surface area contributed by atoms with Crippen LogP contribution in [0.5, 0.6) is 0 Å². The SMILES string of the molecule is O=C1NC[C@@H](c2ccc(-c3ccccc3)cc2)N1. The first-order valence-electron chi connectivity index (χ1n) is 6.03. The number of carbonyl (C=O) groups excluding carboxylic acids is 1. The van der Waals surface area contributed by atoms with E-state index in [-0.39, 0.29) is 12.1 Å². The third kappa shape index (κ3) is 2.07. The molecule has 3 rings (SSSR count). The van der Waals surface area contributed by atoms with Crippen LogP contribution in [0.2, 0.25) is 0 Å². The van der Waals surface area contributed by atoms with Crippen molar-refractivity contribution < 1.29 is 4.79 Å². The van der Waals surface area contributed by atoms with Crippen LogP contribution in [0.15, 0.2) is 54.6 Å². The van der Waals surface area contributed by atoms with Gasteiger partial charge in [-0.1, -0.05) is 54.6 Å². The highest BCUT2D eigenvalue weighted by molar-refractivity contribution is 5.77. The van der Waals surface area contributed by atoms with E-state index in [1.165, 1.54) is 11.1 Å². The number of rotatable bonds is 2. The van der Waals surface area contributed by atoms with E-state index in [0.29, 0.717) is 6.54 Å². The molecule has 1 atom stereocenters. The van der Waals surface area contributed by atoms with Gasteiger partial charge >= 0.3 is 6.03 Å². The van der Waals surface area contributed by atoms with E-state index in [1.54, 1.807) is 0 Å². The number of hydrogen-bond acceptors (Lipinski definition) is 1. The topological polar surface area (TPSA) is 41.1 Å². The summed E-state index contributed by atoms with van der Waals surface area (Å²) in [6.45, 7) is 0.656. The Bertz CT molecular complexity index is 548. The van der Waals surface area contributed by atoms with Crippen molar-refractivity contribution in [2.75, 3.05) is 6.54 Å². The predicted molar refractivity (Wildman–Crippen MR) is 71.2 cm³/mol. The highest BCUT2D eigenvalue weighted by Crippen LogP contribution is 2.22. The van der Waals surface area contributed by atoms with Gasteiger partial charge in [0.15, 0.2) is 0 Å². The molecule has 18 heavy (non-hydrogen) atoms. The fraction of sp³-hybridized carbons (Fsp3) is 0.133. The van der Waals surface area contributed by atoms with Crippen LogP contribution < -0.4 is 10.6 Å². The summed E-state index contributed by atoms with van der Waals surface area (Å²) in [6, 6.07) is 18.6. The molecular formula is C15H14N2O. The first kappa shape index (κ1) is 10.8. The Kier molecular flexibility index (Phi) is 2.73. The van der Waals surface area contributed by atoms with Crippen LogP contribution in [-0.4, -0.2) is 12.6 Å². The predicted octanol–water partition coefficient (Wildman–Crippen LogP) is 2.71. The van der Waals surface area contributed by atoms with Crippen molar-refractivity contribution in [2.24, 2.45) is 0 Å². The molecule has 2 amide bonds. The molecule has 90 valence electrons. The van der Waals surface area contributed by atoms with Crippen molar-refractivity contribution in [3.63, 3.8) is 0 Å². The maximum atomic E-state index is 11.1. The highest BCUT2D eigenvalue weighted by Gasteiger charge is 2.20. The lowest BCUT2D eigenvalue weighted by Gasteiger charge is -2.09. The second-order valence-corrected chi connectivity index (χ2v) is 4.39. The molecule has 1 fully saturated rings. The number of nitrogens with one attached hydrogen (secondary N) is 2. The molecule has 3 nitrogen and oxygen atoms in total. The van der Waals surface area contributed by atoms with E-state index in [1.807, 2.05) is 18.2 Å². The Morgan fingerprint density at radius 3 is 2.17 bits per heavy atom. The van der Waals surface area contributed by atoms with Gasteiger partial charge in [0.2, 0.25) is 0 Å². The standard InChI is InChI=1S/C15H14N2O/c18-15-16-10-14(17-15)13-8-6-12(7-9-13)11-4-2-1-3-5-11/h1-9,14H,10H2,(H2,16,17,18)/t14-/m0/s1. The van der Waals surface area contributed by atoms with E-state index >= 15 is 0 Å². The molecule has 0 unspecified atom stereocenters. The molecule has 0 spiro atoms. The van der Waals surface area contributed by atoms with Gasteiger partial charge in [-0.3, -0.25) is 0 Å². The summed E-state index contributed by atoms with van der Waals surface area (Å²) in [5.74, 6) is 0. The summed E-state index contributed by atoms with van der Waals surface area (Å²) in [6.07, 6.45) is 0. The zero-order chi connectivity index (χ0) is 12.4. The van der Waals surface area contributed by atoms with E-state index in [2.05, 4.69) is 47.0 Å². The first-order valence-corrected chi connectivity index (χ1v) is 6.03. The molecule has 3 heteroatoms. The van der Waals surface area contributed by atoms with E-state index < -0.39 is 0 Å². The van der Waals surface area contributed by atoms with E-state index in [4.69, 9.17) is 0 Å². The van der Waals surface area contributed by atoms with Gasteiger partial charge < -0.3 is 10.6 Å². The Balaban J connectivity index is 1.83. The fourth-order valence-corrected chi connectivity index (χ4v) is 2.19. The second-order valence-electron chi connectivity index (χ2n) is 4.39. The molecule has 1 aliphatic rings. The van der Waals surface area contributed by atoms with E-state index in [0.717, 1.165) is 5.56 Å². The van der Waals surface area contributed by atoms with Crippen molar-refractivity contribution >= 4 is 6.03 Å². The molecular weight excluding hydrogens is 224 g/mol. The molecule has 0 aromatic heterocycles. The number of benzene rings is 2. The molecule has 2 aromatic rings. The summed E-state index contributed by atoms with van der Waals surface area (Å²) in [5, 5.41) is 5.64. The van der Waals surface area contributed by atoms with Gasteiger partial charge in [0, 0.05) is 6.54 Å². The van der Waals surface area contributed by atoms with Crippen LogP contribution >= 0.6 is 0 Å². The Hall–Kier alpha value is -2.29. The summed E-state index contributed by atoms with van der Waals surface area (Å²) < 4.78 is 0. The Morgan fingerprint density at radius 2 is 1.56 bits per heavy atom. The quantitative estimate of drug-likeness (QED) is 0.829. The zero-order valence-corrected chi connectivity index (χ0v) is 9.89. The first-order chi connectivity index (χ1) is 8.83. The fourth-order valence-electron chi connectivity index (χ4n) is 2.19. The molecule has 0 aliphatic carbocycles. The minimum atomic E-state index is -0.0906. The minimum Gasteiger partial charge on any atom is -0.336 e. The molecule has 0 saturated carbocycles. The lowest BCUT2D eigenvalue weighted by molar-refractivity contribution is 0.247. The maximum Gasteiger partial charge on any atom is 0.315 e. The van der Waals surface area contributed by atoms with Gasteiger partial charge in [0.25, 0.3) is 0 Å². The van der Waals surface area contributed by atoms with Crippen LogP contribution in [0.25, 0.3) is 11.1 Å². The molecule has 0 radical (unpaired) electrons. The monoisotopic (exact) mass is 238 g/mol. The van der Waals surface area contributed by atoms with Crippen molar-refractivity contribution in [1.29, 1.82) is 0 Å². The van der Waals surface area contributed by atoms with Crippen LogP contribution in [0.3, 0.4) is 0 Å². The van der Waals surface area contributed by atoms with Crippen molar-refractivity contribution in [1.82, 2.24) is 10.6 Å². The van der Waals surface area contributed by atoms with Crippen molar-refractivity contribution in [2.45, 2.75) is 6.04 Å². The van der Waals surface area contributed by atoms with Gasteiger partial charge in [-0.15, -0.1) is 0 Å². The number of urea groups is 1. The van der Waals surface area contributed by atoms with Crippen LogP contribution in [0.1, 0.15) is 11.6 Å². The van der Waals surface area contributed by atoms with Gasteiger partial charge in [0.1, 0.15) is 0 Å². The van der Waals surface area contributed by atoms with Gasteiger partial charge in [-0.2, -0.15) is 0 Å². The molecule has 0 bridgehead atoms. The number of carbonyl (C=O) groups is 1. The third-order valence-electron chi connectivity index (χ3n) is 3.19. The molecule has 1 aliphatic heterocycles. The summed E-state index contributed by atoms with van der Waals surface area (Å²) in [5.41, 5.74) is 3.53. The summed E-state index contributed by atoms with van der Waals surface area (Å²) in [7, 11) is 0. The highest BCUT2D eigenvalue weighted by atomic mass is 16.2. The lowest BCUT2D eigenvalue weighted by Crippen LogP contribution is -2.21. The number of amides is 2. The maximum absolute atomic E-state index is 11.1. The van der Waals surface area contributed by atoms with Crippen LogP contribution in [0, 0.1) is 0 Å². The average molecular weight is 238 g/mol. The van der Waals surface area contributed by atoms with E-state index in [9.17, 15) is 4.79 Å². The second kappa shape index (κ2) is 4.53. The number of hydrogen-bond donors (Lipinski definition) is 2. The van der Waals surface area contributed by atoms with Crippen molar-refractivity contribution in [3.05, 3.63) is 60.2 Å². The van der Waals surface area contributed by atoms with Crippen LogP contribution in [-0.2, 0) is 0 Å². The zero-order valence-electron chi connectivity index (χ0n) is 9.89. The minimum absolute atomic E-state index is 0.0855. The largest absolute Gasteiger partial charge is 0.336 e. The molecule has 1 saturated heterocycles. The summed E-state index contributed by atoms with van der Waals surface area (Å²) in [4.78, 5) is 11.1. The van der Waals surface area contributed by atoms with Crippen LogP contribution in [0.4, 0.5) is 4.79 Å². The molecule has 1 heterocycles. The van der Waals surface area contributed by atoms with Gasteiger partial charge in [0.05, 0.1) is 6.04 Å². The average Bonchev–Trinajstić information content (AvgIpc) is 2.87. The smallest absolute Gasteiger partial charge is 0.315 e. The lowest BCUT2D eigenvalue weighted by atomic mass is 10.0. The Labute approximate surface area is 106 Å². The van der Waals surface area contributed by atoms with Crippen molar-refractivity contribution in [3.8, 4) is 11.1 Å².